The molecule has 0 aliphatic carbocycles. The zero-order chi connectivity index (χ0) is 18.2. The Balaban J connectivity index is 0.00000338. The van der Waals surface area contributed by atoms with Crippen molar-refractivity contribution in [2.45, 2.75) is 26.9 Å². The van der Waals surface area contributed by atoms with Gasteiger partial charge in [0.15, 0.2) is 17.5 Å². The molecule has 3 N–H and O–H groups in total. The Bertz CT molecular complexity index is 754. The van der Waals surface area contributed by atoms with Crippen molar-refractivity contribution >= 4 is 29.9 Å². The summed E-state index contributed by atoms with van der Waals surface area (Å²) in [7, 11) is 1.51. The highest BCUT2D eigenvalue weighted by Crippen LogP contribution is 2.29. The average molecular weight is 473 g/mol. The van der Waals surface area contributed by atoms with Crippen molar-refractivity contribution in [1.82, 2.24) is 10.6 Å². The lowest BCUT2D eigenvalue weighted by Crippen LogP contribution is -2.36. The van der Waals surface area contributed by atoms with E-state index in [1.165, 1.54) is 13.2 Å². The predicted molar refractivity (Wildman–Crippen MR) is 113 cm³/mol. The van der Waals surface area contributed by atoms with Crippen LogP contribution in [0.4, 0.5) is 4.39 Å². The first kappa shape index (κ1) is 22.0. The van der Waals surface area contributed by atoms with Crippen molar-refractivity contribution in [2.24, 2.45) is 4.99 Å². The van der Waals surface area contributed by atoms with E-state index in [4.69, 9.17) is 4.74 Å². The first-order chi connectivity index (χ1) is 12.0. The number of hydrogen-bond acceptors (Lipinski definition) is 3. The van der Waals surface area contributed by atoms with Crippen molar-refractivity contribution in [2.75, 3.05) is 13.7 Å². The number of methoxy groups -OCH3 is 1. The molecule has 2 rings (SSSR count). The van der Waals surface area contributed by atoms with Gasteiger partial charge in [0.2, 0.25) is 0 Å². The van der Waals surface area contributed by atoms with Crippen molar-refractivity contribution in [3.05, 3.63) is 58.9 Å². The molecule has 0 radical (unpaired) electrons. The number of para-hydroxylation sites is 1. The van der Waals surface area contributed by atoms with Gasteiger partial charge in [0.05, 0.1) is 13.7 Å². The minimum atomic E-state index is -0.230. The molecule has 0 aliphatic rings. The number of ether oxygens (including phenoxy) is 1. The molecule has 0 atom stereocenters. The summed E-state index contributed by atoms with van der Waals surface area (Å²) in [6, 6.07) is 10.4. The second kappa shape index (κ2) is 10.8. The first-order valence-corrected chi connectivity index (χ1v) is 8.17. The fourth-order valence-corrected chi connectivity index (χ4v) is 2.30. The van der Waals surface area contributed by atoms with Crippen molar-refractivity contribution < 1.29 is 14.2 Å². The SMILES string of the molecule is CCNC(=NCc1ccc(C)c(F)c1)NCc1cccc(OC)c1O.I. The normalized spacial score (nSPS) is 10.8. The Morgan fingerprint density at radius 2 is 2.00 bits per heavy atom. The summed E-state index contributed by atoms with van der Waals surface area (Å²) in [5.41, 5.74) is 2.11. The third-order valence-corrected chi connectivity index (χ3v) is 3.75. The Labute approximate surface area is 170 Å². The summed E-state index contributed by atoms with van der Waals surface area (Å²) >= 11 is 0. The number of benzene rings is 2. The van der Waals surface area contributed by atoms with Crippen LogP contribution >= 0.6 is 24.0 Å². The molecular weight excluding hydrogens is 448 g/mol. The summed E-state index contributed by atoms with van der Waals surface area (Å²) in [5, 5.41) is 16.4. The van der Waals surface area contributed by atoms with Gasteiger partial charge in [-0.05, 0) is 37.1 Å². The number of guanidine groups is 1. The van der Waals surface area contributed by atoms with Crippen molar-refractivity contribution in [3.63, 3.8) is 0 Å². The highest BCUT2D eigenvalue weighted by molar-refractivity contribution is 14.0. The van der Waals surface area contributed by atoms with Gasteiger partial charge in [-0.25, -0.2) is 9.38 Å². The molecule has 0 bridgehead atoms. The fraction of sp³-hybridized carbons (Fsp3) is 0.316. The molecule has 0 saturated carbocycles. The maximum atomic E-state index is 13.6. The quantitative estimate of drug-likeness (QED) is 0.340. The Morgan fingerprint density at radius 1 is 1.23 bits per heavy atom. The molecule has 0 unspecified atom stereocenters. The van der Waals surface area contributed by atoms with Gasteiger partial charge >= 0.3 is 0 Å². The summed E-state index contributed by atoms with van der Waals surface area (Å²) < 4.78 is 18.7. The third-order valence-electron chi connectivity index (χ3n) is 3.75. The van der Waals surface area contributed by atoms with E-state index in [0.717, 1.165) is 5.56 Å². The monoisotopic (exact) mass is 473 g/mol. The van der Waals surface area contributed by atoms with E-state index >= 15 is 0 Å². The molecule has 0 aliphatic heterocycles. The number of phenolic OH excluding ortho intramolecular Hbond substituents is 1. The fourth-order valence-electron chi connectivity index (χ4n) is 2.30. The number of nitrogens with one attached hydrogen (secondary N) is 2. The Morgan fingerprint density at radius 3 is 2.65 bits per heavy atom. The molecule has 0 heterocycles. The van der Waals surface area contributed by atoms with E-state index in [1.54, 1.807) is 19.1 Å². The molecule has 0 fully saturated rings. The Kier molecular flexibility index (Phi) is 9.18. The molecule has 0 amide bonds. The van der Waals surface area contributed by atoms with Crippen molar-refractivity contribution in [3.8, 4) is 11.5 Å². The molecule has 0 aromatic heterocycles. The van der Waals surface area contributed by atoms with E-state index < -0.39 is 0 Å². The zero-order valence-electron chi connectivity index (χ0n) is 15.2. The third kappa shape index (κ3) is 6.05. The highest BCUT2D eigenvalue weighted by atomic mass is 127. The second-order valence-corrected chi connectivity index (χ2v) is 5.60. The smallest absolute Gasteiger partial charge is 0.191 e. The lowest BCUT2D eigenvalue weighted by atomic mass is 10.1. The molecule has 0 saturated heterocycles. The Hall–Kier alpha value is -2.03. The van der Waals surface area contributed by atoms with Crippen LogP contribution in [0.2, 0.25) is 0 Å². The minimum absolute atomic E-state index is 0. The van der Waals surface area contributed by atoms with Gasteiger partial charge in [-0.3, -0.25) is 0 Å². The summed E-state index contributed by atoms with van der Waals surface area (Å²) in [6.07, 6.45) is 0. The number of aliphatic imine (C=N–C) groups is 1. The van der Waals surface area contributed by atoms with Gasteiger partial charge in [0.25, 0.3) is 0 Å². The van der Waals surface area contributed by atoms with Gasteiger partial charge < -0.3 is 20.5 Å². The van der Waals surface area contributed by atoms with Crippen LogP contribution in [0.1, 0.15) is 23.6 Å². The average Bonchev–Trinajstić information content (AvgIpc) is 2.61. The maximum absolute atomic E-state index is 13.6. The molecule has 26 heavy (non-hydrogen) atoms. The van der Waals surface area contributed by atoms with E-state index in [9.17, 15) is 9.50 Å². The van der Waals surface area contributed by atoms with Gasteiger partial charge in [-0.2, -0.15) is 0 Å². The summed E-state index contributed by atoms with van der Waals surface area (Å²) in [5.74, 6) is 0.892. The summed E-state index contributed by atoms with van der Waals surface area (Å²) in [4.78, 5) is 4.46. The maximum Gasteiger partial charge on any atom is 0.191 e. The predicted octanol–water partition coefficient (Wildman–Crippen LogP) is 3.72. The van der Waals surface area contributed by atoms with Crippen LogP contribution in [0.15, 0.2) is 41.4 Å². The molecular formula is C19H25FIN3O2. The first-order valence-electron chi connectivity index (χ1n) is 8.17. The van der Waals surface area contributed by atoms with Crippen molar-refractivity contribution in [1.29, 1.82) is 0 Å². The van der Waals surface area contributed by atoms with Crippen LogP contribution in [0.5, 0.6) is 11.5 Å². The van der Waals surface area contributed by atoms with Gasteiger partial charge in [0, 0.05) is 18.7 Å². The van der Waals surface area contributed by atoms with Gasteiger partial charge in [0.1, 0.15) is 5.82 Å². The van der Waals surface area contributed by atoms with Crippen LogP contribution in [0.25, 0.3) is 0 Å². The lowest BCUT2D eigenvalue weighted by Gasteiger charge is -2.13. The van der Waals surface area contributed by atoms with Crippen LogP contribution in [-0.2, 0) is 13.1 Å². The zero-order valence-corrected chi connectivity index (χ0v) is 17.5. The number of halogens is 2. The number of rotatable bonds is 6. The van der Waals surface area contributed by atoms with E-state index in [0.29, 0.717) is 42.5 Å². The topological polar surface area (TPSA) is 65.9 Å². The number of phenols is 1. The number of nitrogens with zero attached hydrogens (tertiary/aromatic N) is 1. The number of hydrogen-bond donors (Lipinski definition) is 3. The highest BCUT2D eigenvalue weighted by Gasteiger charge is 2.08. The van der Waals surface area contributed by atoms with E-state index in [1.807, 2.05) is 25.1 Å². The van der Waals surface area contributed by atoms with Crippen LogP contribution in [0, 0.1) is 12.7 Å². The van der Waals surface area contributed by atoms with Gasteiger partial charge in [-0.15, -0.1) is 24.0 Å². The van der Waals surface area contributed by atoms with E-state index in [-0.39, 0.29) is 35.5 Å². The van der Waals surface area contributed by atoms with Crippen LogP contribution in [0.3, 0.4) is 0 Å². The lowest BCUT2D eigenvalue weighted by molar-refractivity contribution is 0.370. The number of aromatic hydroxyl groups is 1. The second-order valence-electron chi connectivity index (χ2n) is 5.60. The standard InChI is InChI=1S/C19H24FN3O2.HI/c1-4-21-19(22-11-14-9-8-13(2)16(20)10-14)23-12-15-6-5-7-17(25-3)18(15)24;/h5-10,24H,4,11-12H2,1-3H3,(H2,21,22,23);1H. The molecule has 2 aromatic carbocycles. The molecule has 7 heteroatoms. The van der Waals surface area contributed by atoms with Gasteiger partial charge in [-0.1, -0.05) is 24.3 Å². The van der Waals surface area contributed by atoms with Crippen LogP contribution < -0.4 is 15.4 Å². The molecule has 5 nitrogen and oxygen atoms in total. The summed E-state index contributed by atoms with van der Waals surface area (Å²) in [6.45, 7) is 5.13. The largest absolute Gasteiger partial charge is 0.504 e. The van der Waals surface area contributed by atoms with Crippen LogP contribution in [-0.4, -0.2) is 24.7 Å². The molecule has 0 spiro atoms. The minimum Gasteiger partial charge on any atom is -0.504 e. The van der Waals surface area contributed by atoms with E-state index in [2.05, 4.69) is 15.6 Å². The molecule has 142 valence electrons. The molecule has 2 aromatic rings. The number of aryl methyl sites for hydroxylation is 1.